The monoisotopic (exact) mass is 298 g/mol. The minimum atomic E-state index is -0.999. The third-order valence-corrected chi connectivity index (χ3v) is 3.25. The van der Waals surface area contributed by atoms with Gasteiger partial charge >= 0.3 is 5.97 Å². The molecular weight excluding hydrogens is 280 g/mol. The Labute approximate surface area is 123 Å². The van der Waals surface area contributed by atoms with E-state index in [1.165, 1.54) is 0 Å². The van der Waals surface area contributed by atoms with E-state index < -0.39 is 5.97 Å². The highest BCUT2D eigenvalue weighted by atomic mass is 35.5. The molecule has 0 aliphatic heterocycles. The normalized spacial score (nSPS) is 10.7. The molecule has 0 aliphatic rings. The van der Waals surface area contributed by atoms with Crippen LogP contribution in [0.3, 0.4) is 0 Å². The second-order valence-corrected chi connectivity index (χ2v) is 5.40. The van der Waals surface area contributed by atoms with Crippen molar-refractivity contribution in [1.82, 2.24) is 0 Å². The first-order valence-electron chi connectivity index (χ1n) is 6.45. The standard InChI is InChI=1S/C15H19ClO4/c1-8(2)20-15-9(3)7-11(16)10(4)14(15)12(17)5-6-13(18)19/h7-8H,5-6H2,1-4H3,(H,18,19). The summed E-state index contributed by atoms with van der Waals surface area (Å²) in [4.78, 5) is 22.9. The summed E-state index contributed by atoms with van der Waals surface area (Å²) >= 11 is 6.11. The minimum absolute atomic E-state index is 0.0651. The maximum Gasteiger partial charge on any atom is 0.303 e. The Morgan fingerprint density at radius 2 is 1.90 bits per heavy atom. The van der Waals surface area contributed by atoms with Crippen LogP contribution in [0.1, 0.15) is 48.2 Å². The zero-order chi connectivity index (χ0) is 15.4. The molecule has 20 heavy (non-hydrogen) atoms. The lowest BCUT2D eigenvalue weighted by Gasteiger charge is -2.19. The Morgan fingerprint density at radius 1 is 1.30 bits per heavy atom. The summed E-state index contributed by atoms with van der Waals surface area (Å²) in [5, 5.41) is 9.18. The summed E-state index contributed by atoms with van der Waals surface area (Å²) in [6.07, 6.45) is -0.352. The van der Waals surface area contributed by atoms with Crippen LogP contribution < -0.4 is 4.74 Å². The first kappa shape index (κ1) is 16.5. The van der Waals surface area contributed by atoms with E-state index in [4.69, 9.17) is 21.4 Å². The quantitative estimate of drug-likeness (QED) is 0.812. The number of aliphatic carboxylic acids is 1. The number of halogens is 1. The van der Waals surface area contributed by atoms with Gasteiger partial charge in [-0.05, 0) is 44.9 Å². The van der Waals surface area contributed by atoms with Gasteiger partial charge in [0.15, 0.2) is 5.78 Å². The van der Waals surface area contributed by atoms with Crippen molar-refractivity contribution in [3.8, 4) is 5.75 Å². The summed E-state index contributed by atoms with van der Waals surface area (Å²) < 4.78 is 5.71. The highest BCUT2D eigenvalue weighted by molar-refractivity contribution is 6.32. The number of ketones is 1. The molecule has 5 heteroatoms. The largest absolute Gasteiger partial charge is 0.490 e. The predicted molar refractivity (Wildman–Crippen MR) is 77.9 cm³/mol. The second-order valence-electron chi connectivity index (χ2n) is 4.99. The zero-order valence-corrected chi connectivity index (χ0v) is 12.9. The van der Waals surface area contributed by atoms with Gasteiger partial charge < -0.3 is 9.84 Å². The van der Waals surface area contributed by atoms with E-state index in [0.717, 1.165) is 5.56 Å². The third-order valence-electron chi connectivity index (χ3n) is 2.86. The van der Waals surface area contributed by atoms with Crippen LogP contribution in [0.5, 0.6) is 5.75 Å². The average Bonchev–Trinajstić information content (AvgIpc) is 2.33. The maximum absolute atomic E-state index is 12.3. The van der Waals surface area contributed by atoms with Crippen LogP contribution in [-0.2, 0) is 4.79 Å². The smallest absolute Gasteiger partial charge is 0.303 e. The first-order chi connectivity index (χ1) is 9.23. The molecule has 0 fully saturated rings. The number of carboxylic acid groups (broad SMARTS) is 1. The first-order valence-corrected chi connectivity index (χ1v) is 6.83. The van der Waals surface area contributed by atoms with Crippen molar-refractivity contribution >= 4 is 23.4 Å². The molecule has 0 amide bonds. The highest BCUT2D eigenvalue weighted by Crippen LogP contribution is 2.34. The maximum atomic E-state index is 12.3. The summed E-state index contributed by atoms with van der Waals surface area (Å²) in [5.74, 6) is -0.760. The number of carbonyl (C=O) groups is 2. The summed E-state index contributed by atoms with van der Waals surface area (Å²) in [7, 11) is 0. The lowest BCUT2D eigenvalue weighted by atomic mass is 9.97. The lowest BCUT2D eigenvalue weighted by molar-refractivity contribution is -0.136. The van der Waals surface area contributed by atoms with Crippen LogP contribution in [0.15, 0.2) is 6.07 Å². The van der Waals surface area contributed by atoms with Gasteiger partial charge in [0.25, 0.3) is 0 Å². The molecule has 0 atom stereocenters. The molecule has 0 heterocycles. The Hall–Kier alpha value is -1.55. The van der Waals surface area contributed by atoms with E-state index in [1.807, 2.05) is 20.8 Å². The number of hydrogen-bond acceptors (Lipinski definition) is 3. The van der Waals surface area contributed by atoms with Crippen LogP contribution in [0.2, 0.25) is 5.02 Å². The van der Waals surface area contributed by atoms with Crippen LogP contribution in [0, 0.1) is 13.8 Å². The van der Waals surface area contributed by atoms with E-state index in [2.05, 4.69) is 0 Å². The number of carbonyl (C=O) groups excluding carboxylic acids is 1. The van der Waals surface area contributed by atoms with Gasteiger partial charge in [-0.3, -0.25) is 9.59 Å². The fourth-order valence-electron chi connectivity index (χ4n) is 1.92. The molecule has 0 aromatic heterocycles. The van der Waals surface area contributed by atoms with Gasteiger partial charge in [-0.15, -0.1) is 0 Å². The average molecular weight is 299 g/mol. The van der Waals surface area contributed by atoms with Crippen molar-refractivity contribution in [3.63, 3.8) is 0 Å². The third kappa shape index (κ3) is 3.97. The van der Waals surface area contributed by atoms with E-state index >= 15 is 0 Å². The molecule has 4 nitrogen and oxygen atoms in total. The van der Waals surface area contributed by atoms with E-state index in [-0.39, 0.29) is 24.7 Å². The molecule has 0 saturated heterocycles. The minimum Gasteiger partial charge on any atom is -0.490 e. The lowest BCUT2D eigenvalue weighted by Crippen LogP contribution is -2.14. The Balaban J connectivity index is 3.26. The van der Waals surface area contributed by atoms with Crippen molar-refractivity contribution in [2.75, 3.05) is 0 Å². The molecule has 1 aromatic rings. The fraction of sp³-hybridized carbons (Fsp3) is 0.467. The number of benzene rings is 1. The van der Waals surface area contributed by atoms with Crippen molar-refractivity contribution in [1.29, 1.82) is 0 Å². The molecule has 0 unspecified atom stereocenters. The van der Waals surface area contributed by atoms with Crippen molar-refractivity contribution < 1.29 is 19.4 Å². The summed E-state index contributed by atoms with van der Waals surface area (Å²) in [6, 6.07) is 1.75. The number of aryl methyl sites for hydroxylation is 1. The van der Waals surface area contributed by atoms with Crippen LogP contribution in [-0.4, -0.2) is 23.0 Å². The molecule has 0 radical (unpaired) electrons. The molecule has 0 spiro atoms. The topological polar surface area (TPSA) is 63.6 Å². The zero-order valence-electron chi connectivity index (χ0n) is 12.1. The van der Waals surface area contributed by atoms with Gasteiger partial charge in [0.1, 0.15) is 5.75 Å². The van der Waals surface area contributed by atoms with Crippen LogP contribution in [0.4, 0.5) is 0 Å². The van der Waals surface area contributed by atoms with Crippen molar-refractivity contribution in [3.05, 3.63) is 27.8 Å². The predicted octanol–water partition coefficient (Wildman–Crippen LogP) is 3.79. The van der Waals surface area contributed by atoms with Gasteiger partial charge in [-0.1, -0.05) is 11.6 Å². The van der Waals surface area contributed by atoms with E-state index in [9.17, 15) is 9.59 Å². The highest BCUT2D eigenvalue weighted by Gasteiger charge is 2.21. The molecule has 1 aromatic carbocycles. The Bertz CT molecular complexity index is 535. The second kappa shape index (κ2) is 6.75. The molecule has 110 valence electrons. The molecule has 1 rings (SSSR count). The number of ether oxygens (including phenoxy) is 1. The van der Waals surface area contributed by atoms with Crippen molar-refractivity contribution in [2.45, 2.75) is 46.6 Å². The molecule has 1 N–H and O–H groups in total. The number of hydrogen-bond donors (Lipinski definition) is 1. The van der Waals surface area contributed by atoms with Gasteiger partial charge in [0.2, 0.25) is 0 Å². The number of rotatable bonds is 6. The van der Waals surface area contributed by atoms with Crippen LogP contribution >= 0.6 is 11.6 Å². The van der Waals surface area contributed by atoms with Crippen LogP contribution in [0.25, 0.3) is 0 Å². The van der Waals surface area contributed by atoms with E-state index in [1.54, 1.807) is 13.0 Å². The number of Topliss-reactive ketones (excluding diaryl/α,β-unsaturated/α-hetero) is 1. The molecule has 0 bridgehead atoms. The molecular formula is C15H19ClO4. The molecule has 0 aliphatic carbocycles. The van der Waals surface area contributed by atoms with Gasteiger partial charge in [0.05, 0.1) is 18.1 Å². The van der Waals surface area contributed by atoms with Gasteiger partial charge in [-0.25, -0.2) is 0 Å². The Morgan fingerprint density at radius 3 is 2.40 bits per heavy atom. The SMILES string of the molecule is Cc1cc(Cl)c(C)c(C(=O)CCC(=O)O)c1OC(C)C. The summed E-state index contributed by atoms with van der Waals surface area (Å²) in [5.41, 5.74) is 1.79. The van der Waals surface area contributed by atoms with Gasteiger partial charge in [-0.2, -0.15) is 0 Å². The van der Waals surface area contributed by atoms with Crippen molar-refractivity contribution in [2.24, 2.45) is 0 Å². The molecule has 0 saturated carbocycles. The Kier molecular flexibility index (Phi) is 5.57. The number of carboxylic acids is 1. The fourth-order valence-corrected chi connectivity index (χ4v) is 2.18. The van der Waals surface area contributed by atoms with E-state index in [0.29, 0.717) is 21.9 Å². The summed E-state index contributed by atoms with van der Waals surface area (Å²) in [6.45, 7) is 7.30. The van der Waals surface area contributed by atoms with Gasteiger partial charge in [0, 0.05) is 11.4 Å².